The summed E-state index contributed by atoms with van der Waals surface area (Å²) < 4.78 is 0. The van der Waals surface area contributed by atoms with Gasteiger partial charge in [-0.2, -0.15) is 0 Å². The van der Waals surface area contributed by atoms with Crippen LogP contribution in [0.4, 0.5) is 5.82 Å². The summed E-state index contributed by atoms with van der Waals surface area (Å²) >= 11 is 0. The molecule has 0 aliphatic heterocycles. The fourth-order valence-electron chi connectivity index (χ4n) is 1.63. The smallest absolute Gasteiger partial charge is 0.328 e. The van der Waals surface area contributed by atoms with E-state index in [1.807, 2.05) is 13.0 Å². The van der Waals surface area contributed by atoms with E-state index in [0.717, 1.165) is 11.6 Å². The SMILES string of the molecule is Cc1ccc(NC(=O)c2ccncc2C=CC(=O)O)nc1. The van der Waals surface area contributed by atoms with E-state index in [4.69, 9.17) is 5.11 Å². The molecule has 0 atom stereocenters. The highest BCUT2D eigenvalue weighted by atomic mass is 16.4. The molecule has 21 heavy (non-hydrogen) atoms. The maximum Gasteiger partial charge on any atom is 0.328 e. The lowest BCUT2D eigenvalue weighted by molar-refractivity contribution is -0.131. The molecular weight excluding hydrogens is 270 g/mol. The third-order valence-corrected chi connectivity index (χ3v) is 2.65. The molecule has 0 unspecified atom stereocenters. The van der Waals surface area contributed by atoms with Gasteiger partial charge in [-0.05, 0) is 30.7 Å². The highest BCUT2D eigenvalue weighted by Gasteiger charge is 2.10. The van der Waals surface area contributed by atoms with Crippen molar-refractivity contribution in [3.63, 3.8) is 0 Å². The number of hydrogen-bond donors (Lipinski definition) is 2. The Kier molecular flexibility index (Phi) is 4.40. The van der Waals surface area contributed by atoms with Crippen molar-refractivity contribution in [2.45, 2.75) is 6.92 Å². The molecule has 2 aromatic rings. The second-order valence-electron chi connectivity index (χ2n) is 4.31. The number of rotatable bonds is 4. The van der Waals surface area contributed by atoms with E-state index in [1.54, 1.807) is 12.3 Å². The molecule has 0 aromatic carbocycles. The number of hydrogen-bond acceptors (Lipinski definition) is 4. The predicted molar refractivity (Wildman–Crippen MR) is 77.8 cm³/mol. The molecule has 0 radical (unpaired) electrons. The summed E-state index contributed by atoms with van der Waals surface area (Å²) in [6, 6.07) is 5.05. The summed E-state index contributed by atoms with van der Waals surface area (Å²) in [6.07, 6.45) is 6.82. The summed E-state index contributed by atoms with van der Waals surface area (Å²) in [6.45, 7) is 1.90. The van der Waals surface area contributed by atoms with Crippen molar-refractivity contribution in [3.8, 4) is 0 Å². The van der Waals surface area contributed by atoms with Gasteiger partial charge in [-0.1, -0.05) is 6.07 Å². The Balaban J connectivity index is 2.23. The van der Waals surface area contributed by atoms with Crippen LogP contribution in [-0.2, 0) is 4.79 Å². The van der Waals surface area contributed by atoms with Crippen molar-refractivity contribution in [2.75, 3.05) is 5.32 Å². The summed E-state index contributed by atoms with van der Waals surface area (Å²) in [4.78, 5) is 30.7. The fourth-order valence-corrected chi connectivity index (χ4v) is 1.63. The average molecular weight is 283 g/mol. The summed E-state index contributed by atoms with van der Waals surface area (Å²) in [5.41, 5.74) is 1.73. The van der Waals surface area contributed by atoms with Crippen LogP contribution in [0, 0.1) is 6.92 Å². The predicted octanol–water partition coefficient (Wildman–Crippen LogP) is 2.14. The number of aliphatic carboxylic acids is 1. The maximum atomic E-state index is 12.2. The molecule has 6 nitrogen and oxygen atoms in total. The number of amides is 1. The van der Waals surface area contributed by atoms with Crippen molar-refractivity contribution >= 4 is 23.8 Å². The molecule has 2 N–H and O–H groups in total. The van der Waals surface area contributed by atoms with Gasteiger partial charge in [-0.15, -0.1) is 0 Å². The molecule has 2 heterocycles. The van der Waals surface area contributed by atoms with Crippen LogP contribution in [0.3, 0.4) is 0 Å². The molecule has 106 valence electrons. The monoisotopic (exact) mass is 283 g/mol. The van der Waals surface area contributed by atoms with Gasteiger partial charge >= 0.3 is 5.97 Å². The third kappa shape index (κ3) is 3.97. The second kappa shape index (κ2) is 6.42. The van der Waals surface area contributed by atoms with Gasteiger partial charge in [0, 0.05) is 30.2 Å². The van der Waals surface area contributed by atoms with Crippen LogP contribution in [-0.4, -0.2) is 27.0 Å². The lowest BCUT2D eigenvalue weighted by Gasteiger charge is -2.07. The first-order valence-corrected chi connectivity index (χ1v) is 6.15. The van der Waals surface area contributed by atoms with Gasteiger partial charge in [0.2, 0.25) is 0 Å². The van der Waals surface area contributed by atoms with E-state index in [2.05, 4.69) is 15.3 Å². The van der Waals surface area contributed by atoms with Crippen LogP contribution in [0.25, 0.3) is 6.08 Å². The fraction of sp³-hybridized carbons (Fsp3) is 0.0667. The minimum atomic E-state index is -1.09. The van der Waals surface area contributed by atoms with Crippen LogP contribution < -0.4 is 5.32 Å². The van der Waals surface area contributed by atoms with Gasteiger partial charge in [0.15, 0.2) is 0 Å². The third-order valence-electron chi connectivity index (χ3n) is 2.65. The largest absolute Gasteiger partial charge is 0.478 e. The Morgan fingerprint density at radius 2 is 2.05 bits per heavy atom. The first-order chi connectivity index (χ1) is 10.1. The number of pyridine rings is 2. The molecule has 1 amide bonds. The maximum absolute atomic E-state index is 12.2. The van der Waals surface area contributed by atoms with E-state index >= 15 is 0 Å². The highest BCUT2D eigenvalue weighted by Crippen LogP contribution is 2.12. The van der Waals surface area contributed by atoms with Crippen LogP contribution in [0.5, 0.6) is 0 Å². The number of nitrogens with one attached hydrogen (secondary N) is 1. The number of aryl methyl sites for hydroxylation is 1. The first-order valence-electron chi connectivity index (χ1n) is 6.15. The molecule has 0 aliphatic rings. The normalized spacial score (nSPS) is 10.5. The van der Waals surface area contributed by atoms with Crippen LogP contribution in [0.15, 0.2) is 42.9 Å². The van der Waals surface area contributed by atoms with Crippen LogP contribution >= 0.6 is 0 Å². The minimum Gasteiger partial charge on any atom is -0.478 e. The molecule has 6 heteroatoms. The zero-order valence-electron chi connectivity index (χ0n) is 11.3. The Morgan fingerprint density at radius 3 is 2.71 bits per heavy atom. The molecule has 0 bridgehead atoms. The van der Waals surface area contributed by atoms with Crippen molar-refractivity contribution in [1.82, 2.24) is 9.97 Å². The minimum absolute atomic E-state index is 0.324. The molecule has 0 fully saturated rings. The molecule has 0 saturated heterocycles. The topological polar surface area (TPSA) is 92.2 Å². The van der Waals surface area contributed by atoms with Gasteiger partial charge in [-0.25, -0.2) is 9.78 Å². The number of carbonyl (C=O) groups is 2. The highest BCUT2D eigenvalue weighted by molar-refractivity contribution is 6.06. The second-order valence-corrected chi connectivity index (χ2v) is 4.31. The Bertz CT molecular complexity index is 694. The van der Waals surface area contributed by atoms with E-state index in [0.29, 0.717) is 16.9 Å². The number of anilines is 1. The number of nitrogens with zero attached hydrogens (tertiary/aromatic N) is 2. The zero-order valence-corrected chi connectivity index (χ0v) is 11.3. The Morgan fingerprint density at radius 1 is 1.24 bits per heavy atom. The number of carbonyl (C=O) groups excluding carboxylic acids is 1. The van der Waals surface area contributed by atoms with Crippen molar-refractivity contribution in [1.29, 1.82) is 0 Å². The molecule has 0 aliphatic carbocycles. The molecular formula is C15H13N3O3. The average Bonchev–Trinajstić information content (AvgIpc) is 2.47. The Hall–Kier alpha value is -3.02. The van der Waals surface area contributed by atoms with E-state index in [9.17, 15) is 9.59 Å². The molecule has 2 rings (SSSR count). The summed E-state index contributed by atoms with van der Waals surface area (Å²) in [5, 5.41) is 11.3. The number of aromatic nitrogens is 2. The van der Waals surface area contributed by atoms with E-state index in [-0.39, 0.29) is 5.91 Å². The van der Waals surface area contributed by atoms with Gasteiger partial charge in [-0.3, -0.25) is 9.78 Å². The van der Waals surface area contributed by atoms with E-state index in [1.165, 1.54) is 24.5 Å². The zero-order chi connectivity index (χ0) is 15.2. The van der Waals surface area contributed by atoms with Crippen molar-refractivity contribution in [3.05, 3.63) is 59.6 Å². The first kappa shape index (κ1) is 14.4. The van der Waals surface area contributed by atoms with Crippen LogP contribution in [0.1, 0.15) is 21.5 Å². The lowest BCUT2D eigenvalue weighted by atomic mass is 10.1. The molecule has 0 saturated carbocycles. The van der Waals surface area contributed by atoms with Gasteiger partial charge < -0.3 is 10.4 Å². The Labute approximate surface area is 121 Å². The van der Waals surface area contributed by atoms with Gasteiger partial charge in [0.25, 0.3) is 5.91 Å². The molecule has 2 aromatic heterocycles. The molecule has 0 spiro atoms. The van der Waals surface area contributed by atoms with Crippen LogP contribution in [0.2, 0.25) is 0 Å². The number of carboxylic acids is 1. The van der Waals surface area contributed by atoms with Gasteiger partial charge in [0.05, 0.1) is 5.56 Å². The standard InChI is InChI=1S/C15H13N3O3/c1-10-2-4-13(17-8-10)18-15(21)12-6-7-16-9-11(12)3-5-14(19)20/h2-9H,1H3,(H,19,20)(H,17,18,21). The lowest BCUT2D eigenvalue weighted by Crippen LogP contribution is -2.14. The van der Waals surface area contributed by atoms with Crippen molar-refractivity contribution < 1.29 is 14.7 Å². The van der Waals surface area contributed by atoms with Gasteiger partial charge in [0.1, 0.15) is 5.82 Å². The van der Waals surface area contributed by atoms with Crippen molar-refractivity contribution in [2.24, 2.45) is 0 Å². The summed E-state index contributed by atoms with van der Waals surface area (Å²) in [5.74, 6) is -1.04. The summed E-state index contributed by atoms with van der Waals surface area (Å²) in [7, 11) is 0. The quantitative estimate of drug-likeness (QED) is 0.839. The van der Waals surface area contributed by atoms with E-state index < -0.39 is 5.97 Å². The number of carboxylic acid groups (broad SMARTS) is 1.